The number of methoxy groups -OCH3 is 1. The highest BCUT2D eigenvalue weighted by Gasteiger charge is 2.16. The summed E-state index contributed by atoms with van der Waals surface area (Å²) >= 11 is 0. The topological polar surface area (TPSA) is 51.5 Å². The molecular weight excluding hydrogens is 424 g/mol. The van der Waals surface area contributed by atoms with Crippen molar-refractivity contribution in [1.82, 2.24) is 0 Å². The van der Waals surface area contributed by atoms with Gasteiger partial charge in [-0.1, -0.05) is 23.8 Å². The van der Waals surface area contributed by atoms with Crippen molar-refractivity contribution in [2.75, 3.05) is 12.4 Å². The SMILES string of the molecule is COc1cc2occ(-c3ccc(C)cc3C)c2cc1/C(C)=C/C(=O)Nc1ccc(F)c(F)c1. The number of furan rings is 1. The Morgan fingerprint density at radius 2 is 1.79 bits per heavy atom. The predicted molar refractivity (Wildman–Crippen MR) is 126 cm³/mol. The molecule has 1 amide bonds. The van der Waals surface area contributed by atoms with E-state index in [1.165, 1.54) is 17.7 Å². The fraction of sp³-hybridized carbons (Fsp3) is 0.148. The molecule has 0 aliphatic heterocycles. The predicted octanol–water partition coefficient (Wildman–Crippen LogP) is 7.05. The molecule has 0 bridgehead atoms. The van der Waals surface area contributed by atoms with Crippen molar-refractivity contribution in [2.24, 2.45) is 0 Å². The van der Waals surface area contributed by atoms with Gasteiger partial charge in [-0.05, 0) is 55.7 Å². The zero-order chi connectivity index (χ0) is 23.7. The van der Waals surface area contributed by atoms with E-state index in [-0.39, 0.29) is 5.69 Å². The molecule has 0 saturated carbocycles. The third-order valence-corrected chi connectivity index (χ3v) is 5.53. The molecule has 1 N–H and O–H groups in total. The second-order valence-electron chi connectivity index (χ2n) is 7.96. The van der Waals surface area contributed by atoms with Crippen LogP contribution < -0.4 is 10.1 Å². The van der Waals surface area contributed by atoms with Gasteiger partial charge in [0.2, 0.25) is 5.91 Å². The van der Waals surface area contributed by atoms with E-state index < -0.39 is 17.5 Å². The van der Waals surface area contributed by atoms with Crippen LogP contribution in [0.1, 0.15) is 23.6 Å². The first-order valence-corrected chi connectivity index (χ1v) is 10.4. The first-order valence-electron chi connectivity index (χ1n) is 10.4. The molecular formula is C27H23F2NO3. The lowest BCUT2D eigenvalue weighted by Crippen LogP contribution is -2.09. The standard InChI is InChI=1S/C27H23F2NO3/c1-15-5-7-19(16(2)9-15)22-14-33-26-13-25(32-4)20(12-21(22)26)17(3)10-27(31)30-18-6-8-23(28)24(29)11-18/h5-14H,1-4H3,(H,30,31)/b17-10+. The van der Waals surface area contributed by atoms with Gasteiger partial charge in [-0.25, -0.2) is 8.78 Å². The molecule has 4 aromatic rings. The Morgan fingerprint density at radius 3 is 2.48 bits per heavy atom. The Bertz CT molecular complexity index is 1400. The number of hydrogen-bond donors (Lipinski definition) is 1. The van der Waals surface area contributed by atoms with Crippen LogP contribution in [0, 0.1) is 25.5 Å². The minimum atomic E-state index is -1.03. The summed E-state index contributed by atoms with van der Waals surface area (Å²) < 4.78 is 37.9. The number of nitrogens with one attached hydrogen (secondary N) is 1. The fourth-order valence-electron chi connectivity index (χ4n) is 3.88. The highest BCUT2D eigenvalue weighted by Crippen LogP contribution is 2.38. The Labute approximate surface area is 190 Å². The monoisotopic (exact) mass is 447 g/mol. The van der Waals surface area contributed by atoms with Gasteiger partial charge in [0.25, 0.3) is 0 Å². The number of amides is 1. The van der Waals surface area contributed by atoms with Crippen LogP contribution in [0.4, 0.5) is 14.5 Å². The van der Waals surface area contributed by atoms with Gasteiger partial charge in [-0.3, -0.25) is 4.79 Å². The number of carbonyl (C=O) groups is 1. The number of carbonyl (C=O) groups excluding carboxylic acids is 1. The maximum atomic E-state index is 13.4. The molecule has 33 heavy (non-hydrogen) atoms. The largest absolute Gasteiger partial charge is 0.496 e. The van der Waals surface area contributed by atoms with E-state index in [9.17, 15) is 13.6 Å². The van der Waals surface area contributed by atoms with Crippen LogP contribution in [-0.2, 0) is 4.79 Å². The first kappa shape index (κ1) is 22.3. The molecule has 1 heterocycles. The summed E-state index contributed by atoms with van der Waals surface area (Å²) in [5.74, 6) is -1.92. The first-order chi connectivity index (χ1) is 15.8. The van der Waals surface area contributed by atoms with Crippen molar-refractivity contribution in [2.45, 2.75) is 20.8 Å². The second kappa shape index (κ2) is 8.90. The molecule has 0 atom stereocenters. The van der Waals surface area contributed by atoms with E-state index >= 15 is 0 Å². The summed E-state index contributed by atoms with van der Waals surface area (Å²) in [4.78, 5) is 12.5. The van der Waals surface area contributed by atoms with E-state index in [1.807, 2.05) is 13.0 Å². The molecule has 168 valence electrons. The second-order valence-corrected chi connectivity index (χ2v) is 7.96. The highest BCUT2D eigenvalue weighted by molar-refractivity contribution is 6.05. The molecule has 0 fully saturated rings. The summed E-state index contributed by atoms with van der Waals surface area (Å²) in [5, 5.41) is 3.44. The van der Waals surface area contributed by atoms with Gasteiger partial charge in [0.15, 0.2) is 11.6 Å². The highest BCUT2D eigenvalue weighted by atomic mass is 19.2. The number of anilines is 1. The zero-order valence-electron chi connectivity index (χ0n) is 18.8. The Morgan fingerprint density at radius 1 is 1.00 bits per heavy atom. The number of allylic oxidation sites excluding steroid dienone is 1. The van der Waals surface area contributed by atoms with Crippen molar-refractivity contribution < 1.29 is 22.7 Å². The lowest BCUT2D eigenvalue weighted by molar-refractivity contribution is -0.111. The minimum absolute atomic E-state index is 0.164. The number of hydrogen-bond acceptors (Lipinski definition) is 3. The van der Waals surface area contributed by atoms with Gasteiger partial charge in [-0.2, -0.15) is 0 Å². The average molecular weight is 447 g/mol. The fourth-order valence-corrected chi connectivity index (χ4v) is 3.88. The molecule has 0 spiro atoms. The van der Waals surface area contributed by atoms with Crippen LogP contribution >= 0.6 is 0 Å². The molecule has 0 saturated heterocycles. The van der Waals surface area contributed by atoms with E-state index in [0.29, 0.717) is 16.9 Å². The van der Waals surface area contributed by atoms with Crippen LogP contribution in [-0.4, -0.2) is 13.0 Å². The number of ether oxygens (including phenoxy) is 1. The van der Waals surface area contributed by atoms with E-state index in [1.54, 1.807) is 26.4 Å². The van der Waals surface area contributed by atoms with Gasteiger partial charge in [0.1, 0.15) is 11.3 Å². The smallest absolute Gasteiger partial charge is 0.248 e. The molecule has 0 aliphatic rings. The maximum absolute atomic E-state index is 13.4. The lowest BCUT2D eigenvalue weighted by Gasteiger charge is -2.11. The van der Waals surface area contributed by atoms with Crippen LogP contribution in [0.2, 0.25) is 0 Å². The van der Waals surface area contributed by atoms with Crippen LogP contribution in [0.3, 0.4) is 0 Å². The summed E-state index contributed by atoms with van der Waals surface area (Å²) in [6.07, 6.45) is 3.11. The van der Waals surface area contributed by atoms with Crippen molar-refractivity contribution >= 4 is 28.1 Å². The number of rotatable bonds is 5. The van der Waals surface area contributed by atoms with Gasteiger partial charge < -0.3 is 14.5 Å². The Balaban J connectivity index is 1.72. The molecule has 1 aromatic heterocycles. The molecule has 4 nitrogen and oxygen atoms in total. The molecule has 4 rings (SSSR count). The van der Waals surface area contributed by atoms with Crippen LogP contribution in [0.15, 0.2) is 65.3 Å². The molecule has 0 unspecified atom stereocenters. The molecule has 3 aromatic carbocycles. The van der Waals surface area contributed by atoms with Crippen molar-refractivity contribution in [3.8, 4) is 16.9 Å². The third-order valence-electron chi connectivity index (χ3n) is 5.53. The van der Waals surface area contributed by atoms with Crippen LogP contribution in [0.25, 0.3) is 27.7 Å². The Kier molecular flexibility index (Phi) is 6.01. The van der Waals surface area contributed by atoms with Crippen LogP contribution in [0.5, 0.6) is 5.75 Å². The normalized spacial score (nSPS) is 11.6. The third kappa shape index (κ3) is 4.51. The van der Waals surface area contributed by atoms with Gasteiger partial charge in [0.05, 0.1) is 13.4 Å². The van der Waals surface area contributed by atoms with Crippen molar-refractivity contribution in [3.05, 3.63) is 89.2 Å². The number of aryl methyl sites for hydroxylation is 2. The lowest BCUT2D eigenvalue weighted by atomic mass is 9.96. The van der Waals surface area contributed by atoms with E-state index in [2.05, 4.69) is 30.4 Å². The number of fused-ring (bicyclic) bond motifs is 1. The Hall–Kier alpha value is -3.93. The number of benzene rings is 3. The molecule has 0 aliphatic carbocycles. The van der Waals surface area contributed by atoms with Crippen molar-refractivity contribution in [3.63, 3.8) is 0 Å². The quantitative estimate of drug-likeness (QED) is 0.334. The number of halogens is 2. The summed E-state index contributed by atoms with van der Waals surface area (Å²) in [5.41, 5.74) is 6.52. The molecule has 6 heteroatoms. The minimum Gasteiger partial charge on any atom is -0.496 e. The average Bonchev–Trinajstić information content (AvgIpc) is 3.18. The van der Waals surface area contributed by atoms with E-state index in [0.717, 1.165) is 39.8 Å². The van der Waals surface area contributed by atoms with E-state index in [4.69, 9.17) is 9.15 Å². The van der Waals surface area contributed by atoms with Crippen molar-refractivity contribution in [1.29, 1.82) is 0 Å². The maximum Gasteiger partial charge on any atom is 0.248 e. The van der Waals surface area contributed by atoms with Gasteiger partial charge >= 0.3 is 0 Å². The van der Waals surface area contributed by atoms with Gasteiger partial charge in [-0.15, -0.1) is 0 Å². The summed E-state index contributed by atoms with van der Waals surface area (Å²) in [7, 11) is 1.55. The van der Waals surface area contributed by atoms with Gasteiger partial charge in [0, 0.05) is 40.4 Å². The summed E-state index contributed by atoms with van der Waals surface area (Å²) in [6.45, 7) is 5.89. The zero-order valence-corrected chi connectivity index (χ0v) is 18.8. The molecule has 0 radical (unpaired) electrons. The summed E-state index contributed by atoms with van der Waals surface area (Å²) in [6, 6.07) is 13.2.